The number of carbonyl (C=O) groups is 3. The summed E-state index contributed by atoms with van der Waals surface area (Å²) in [7, 11) is 0. The average Bonchev–Trinajstić information content (AvgIpc) is 3.15. The Morgan fingerprint density at radius 2 is 1.58 bits per heavy atom. The highest BCUT2D eigenvalue weighted by atomic mass is 16.2. The Hall–Kier alpha value is -3.21. The summed E-state index contributed by atoms with van der Waals surface area (Å²) in [6, 6.07) is 15.0. The molecule has 0 saturated heterocycles. The molecule has 1 atom stereocenters. The number of rotatable bonds is 0. The summed E-state index contributed by atoms with van der Waals surface area (Å²) in [6.07, 6.45) is 5.45. The van der Waals surface area contributed by atoms with Gasteiger partial charge >= 0.3 is 0 Å². The fourth-order valence-electron chi connectivity index (χ4n) is 5.08. The topological polar surface area (TPSA) is 68.2 Å². The summed E-state index contributed by atoms with van der Waals surface area (Å²) in [5, 5.41) is 4.01. The highest BCUT2D eigenvalue weighted by molar-refractivity contribution is 6.05. The molecule has 1 amide bonds. The van der Waals surface area contributed by atoms with Gasteiger partial charge in [0.25, 0.3) is 5.91 Å². The number of aryl methyl sites for hydroxylation is 1. The number of aromatic nitrogens is 1. The van der Waals surface area contributed by atoms with E-state index in [0.717, 1.165) is 60.7 Å². The largest absolute Gasteiger partial charge is 0.352 e. The van der Waals surface area contributed by atoms with Crippen LogP contribution in [-0.2, 0) is 6.42 Å². The minimum absolute atomic E-state index is 0.0249. The van der Waals surface area contributed by atoms with E-state index in [1.807, 2.05) is 22.8 Å². The van der Waals surface area contributed by atoms with E-state index in [0.29, 0.717) is 24.1 Å². The zero-order valence-corrected chi connectivity index (χ0v) is 17.5. The monoisotopic (exact) mass is 414 g/mol. The van der Waals surface area contributed by atoms with Gasteiger partial charge in [-0.15, -0.1) is 0 Å². The van der Waals surface area contributed by atoms with Crippen LogP contribution in [0.4, 0.5) is 0 Å². The van der Waals surface area contributed by atoms with Crippen LogP contribution in [0, 0.1) is 0 Å². The molecule has 5 heteroatoms. The number of nitrogens with one attached hydrogen (secondary N) is 1. The third kappa shape index (κ3) is 3.48. The number of ketones is 1. The first-order chi connectivity index (χ1) is 15.1. The van der Waals surface area contributed by atoms with Crippen LogP contribution in [0.25, 0.3) is 10.9 Å². The van der Waals surface area contributed by atoms with Gasteiger partial charge in [-0.25, -0.2) is 0 Å². The van der Waals surface area contributed by atoms with Gasteiger partial charge < -0.3 is 5.32 Å². The maximum atomic E-state index is 13.6. The number of Topliss-reactive ketones (excluding diaryl/α,β-unsaturated/α-hetero) is 1. The van der Waals surface area contributed by atoms with Crippen LogP contribution in [0.3, 0.4) is 0 Å². The number of hydrogen-bond acceptors (Lipinski definition) is 3. The van der Waals surface area contributed by atoms with E-state index in [-0.39, 0.29) is 23.5 Å². The lowest BCUT2D eigenvalue weighted by Gasteiger charge is -2.24. The number of para-hydroxylation sites is 1. The van der Waals surface area contributed by atoms with Crippen molar-refractivity contribution in [1.29, 1.82) is 0 Å². The van der Waals surface area contributed by atoms with Gasteiger partial charge in [0.15, 0.2) is 5.78 Å². The fourth-order valence-corrected chi connectivity index (χ4v) is 5.08. The maximum absolute atomic E-state index is 13.6. The quantitative estimate of drug-likeness (QED) is 0.570. The molecule has 3 aliphatic rings. The third-order valence-electron chi connectivity index (χ3n) is 6.62. The van der Waals surface area contributed by atoms with Gasteiger partial charge in [0.05, 0.1) is 11.4 Å². The molecule has 5 nitrogen and oxygen atoms in total. The van der Waals surface area contributed by atoms with E-state index in [2.05, 4.69) is 11.4 Å². The van der Waals surface area contributed by atoms with E-state index in [4.69, 9.17) is 0 Å². The van der Waals surface area contributed by atoms with Crippen molar-refractivity contribution in [3.8, 4) is 0 Å². The summed E-state index contributed by atoms with van der Waals surface area (Å²) in [5.41, 5.74) is 4.10. The molecule has 0 fully saturated rings. The molecule has 1 unspecified atom stereocenters. The zero-order valence-electron chi connectivity index (χ0n) is 17.5. The highest BCUT2D eigenvalue weighted by Gasteiger charge is 2.34. The lowest BCUT2D eigenvalue weighted by Crippen LogP contribution is -2.26. The smallest absolute Gasteiger partial charge is 0.251 e. The van der Waals surface area contributed by atoms with Gasteiger partial charge in [-0.05, 0) is 55.9 Å². The predicted molar refractivity (Wildman–Crippen MR) is 120 cm³/mol. The molecule has 2 aromatic carbocycles. The molecule has 2 aliphatic heterocycles. The average molecular weight is 415 g/mol. The molecule has 2 bridgehead atoms. The van der Waals surface area contributed by atoms with Gasteiger partial charge in [0.2, 0.25) is 5.91 Å². The molecule has 3 heterocycles. The Labute approximate surface area is 181 Å². The van der Waals surface area contributed by atoms with Crippen molar-refractivity contribution in [3.63, 3.8) is 0 Å². The summed E-state index contributed by atoms with van der Waals surface area (Å²) in [4.78, 5) is 39.3. The Morgan fingerprint density at radius 3 is 2.42 bits per heavy atom. The second-order valence-corrected chi connectivity index (χ2v) is 8.56. The Morgan fingerprint density at radius 1 is 0.806 bits per heavy atom. The summed E-state index contributed by atoms with van der Waals surface area (Å²) in [5.74, 6) is -0.379. The van der Waals surface area contributed by atoms with Gasteiger partial charge in [-0.3, -0.25) is 19.0 Å². The summed E-state index contributed by atoms with van der Waals surface area (Å²) < 4.78 is 1.84. The number of amides is 1. The van der Waals surface area contributed by atoms with Crippen LogP contribution < -0.4 is 5.32 Å². The van der Waals surface area contributed by atoms with E-state index < -0.39 is 0 Å². The van der Waals surface area contributed by atoms with E-state index in [1.54, 1.807) is 24.3 Å². The van der Waals surface area contributed by atoms with Crippen LogP contribution >= 0.6 is 0 Å². The molecule has 6 rings (SSSR count). The highest BCUT2D eigenvalue weighted by Crippen LogP contribution is 2.40. The molecular formula is C26H26N2O3. The lowest BCUT2D eigenvalue weighted by molar-refractivity contribution is 0.0887. The van der Waals surface area contributed by atoms with Crippen molar-refractivity contribution < 1.29 is 14.4 Å². The van der Waals surface area contributed by atoms with Crippen molar-refractivity contribution >= 4 is 28.5 Å². The second-order valence-electron chi connectivity index (χ2n) is 8.56. The molecule has 0 spiro atoms. The molecule has 1 N–H and O–H groups in total. The van der Waals surface area contributed by atoms with Crippen molar-refractivity contribution in [2.45, 2.75) is 50.9 Å². The standard InChI is InChI=1S/C26H26N2O3/c29-23-11-2-1-5-16-27-26(31)18-14-12-17(13-15-18)25(30)21-9-6-8-20-19-7-3-4-10-22(19)28(23)24(20)21/h3-4,7,10,12-15,21H,1-2,5-6,8-9,11,16H2,(H,27,31). The summed E-state index contributed by atoms with van der Waals surface area (Å²) >= 11 is 0. The van der Waals surface area contributed by atoms with E-state index in [9.17, 15) is 14.4 Å². The lowest BCUT2D eigenvalue weighted by atomic mass is 9.82. The van der Waals surface area contributed by atoms with Crippen molar-refractivity contribution in [2.75, 3.05) is 6.54 Å². The Balaban J connectivity index is 1.66. The first kappa shape index (κ1) is 19.7. The number of carbonyl (C=O) groups excluding carboxylic acids is 3. The molecule has 158 valence electrons. The van der Waals surface area contributed by atoms with Crippen LogP contribution in [0.1, 0.15) is 81.2 Å². The molecule has 0 radical (unpaired) electrons. The molecule has 1 aliphatic carbocycles. The molecule has 0 saturated carbocycles. The van der Waals surface area contributed by atoms with E-state index in [1.165, 1.54) is 0 Å². The number of fused-ring (bicyclic) bond motifs is 11. The van der Waals surface area contributed by atoms with Crippen LogP contribution in [0.15, 0.2) is 48.5 Å². The fraction of sp³-hybridized carbons (Fsp3) is 0.346. The first-order valence-corrected chi connectivity index (χ1v) is 11.2. The second kappa shape index (κ2) is 8.14. The minimum Gasteiger partial charge on any atom is -0.352 e. The maximum Gasteiger partial charge on any atom is 0.251 e. The predicted octanol–water partition coefficient (Wildman–Crippen LogP) is 4.89. The van der Waals surface area contributed by atoms with Crippen molar-refractivity contribution in [1.82, 2.24) is 9.88 Å². The van der Waals surface area contributed by atoms with Crippen molar-refractivity contribution in [3.05, 3.63) is 70.9 Å². The molecular weight excluding hydrogens is 388 g/mol. The Kier molecular flexibility index (Phi) is 5.18. The van der Waals surface area contributed by atoms with E-state index >= 15 is 0 Å². The van der Waals surface area contributed by atoms with Crippen LogP contribution in [-0.4, -0.2) is 28.7 Å². The number of hydrogen-bond donors (Lipinski definition) is 1. The SMILES string of the molecule is O=C1NCCCCCC(=O)n2c3c(c4ccccc42)CCCC3C(=O)c2ccc1cc2. The minimum atomic E-state index is -0.340. The van der Waals surface area contributed by atoms with Gasteiger partial charge in [-0.2, -0.15) is 0 Å². The third-order valence-corrected chi connectivity index (χ3v) is 6.62. The van der Waals surface area contributed by atoms with Gasteiger partial charge in [0.1, 0.15) is 0 Å². The number of nitrogens with zero attached hydrogens (tertiary/aromatic N) is 1. The zero-order chi connectivity index (χ0) is 21.4. The molecule has 3 aromatic rings. The van der Waals surface area contributed by atoms with Crippen LogP contribution in [0.2, 0.25) is 0 Å². The molecule has 31 heavy (non-hydrogen) atoms. The van der Waals surface area contributed by atoms with Gasteiger partial charge in [0, 0.05) is 35.2 Å². The first-order valence-electron chi connectivity index (χ1n) is 11.2. The molecule has 1 aromatic heterocycles. The van der Waals surface area contributed by atoms with Crippen LogP contribution in [0.5, 0.6) is 0 Å². The normalized spacial score (nSPS) is 20.0. The number of benzene rings is 2. The van der Waals surface area contributed by atoms with Crippen molar-refractivity contribution in [2.24, 2.45) is 0 Å². The summed E-state index contributed by atoms with van der Waals surface area (Å²) in [6.45, 7) is 0.581. The van der Waals surface area contributed by atoms with Gasteiger partial charge in [-0.1, -0.05) is 36.8 Å². The Bertz CT molecular complexity index is 1170.